The van der Waals surface area contributed by atoms with Gasteiger partial charge in [-0.25, -0.2) is 0 Å². The Kier molecular flexibility index (Phi) is 4.26. The van der Waals surface area contributed by atoms with Crippen molar-refractivity contribution in [2.45, 2.75) is 6.42 Å². The summed E-state index contributed by atoms with van der Waals surface area (Å²) in [5.74, 6) is 1.78. The van der Waals surface area contributed by atoms with Crippen molar-refractivity contribution < 1.29 is 14.8 Å². The van der Waals surface area contributed by atoms with Crippen LogP contribution in [0.1, 0.15) is 5.56 Å². The van der Waals surface area contributed by atoms with E-state index in [1.807, 2.05) is 23.5 Å². The molecule has 0 spiro atoms. The smallest absolute Gasteiger partial charge is 0.122 e. The first kappa shape index (κ1) is 10.9. The fourth-order valence-corrected chi connectivity index (χ4v) is 1.33. The normalized spacial score (nSPS) is 9.93. The highest BCUT2D eigenvalue weighted by molar-refractivity contribution is 5.40. The molecule has 0 unspecified atom stereocenters. The molecule has 14 heavy (non-hydrogen) atoms. The van der Waals surface area contributed by atoms with E-state index in [0.717, 1.165) is 30.0 Å². The Morgan fingerprint density at radius 1 is 1.29 bits per heavy atom. The molecule has 0 aliphatic heterocycles. The summed E-state index contributed by atoms with van der Waals surface area (Å²) >= 11 is 0. The Hall–Kier alpha value is -1.22. The molecule has 78 valence electrons. The molecule has 0 radical (unpaired) electrons. The van der Waals surface area contributed by atoms with Crippen molar-refractivity contribution in [3.63, 3.8) is 0 Å². The molecule has 0 bridgehead atoms. The van der Waals surface area contributed by atoms with Crippen molar-refractivity contribution in [2.24, 2.45) is 0 Å². The summed E-state index contributed by atoms with van der Waals surface area (Å²) in [6.45, 7) is 0.948. The van der Waals surface area contributed by atoms with Gasteiger partial charge in [0.1, 0.15) is 11.5 Å². The Balaban J connectivity index is 2.84. The second kappa shape index (κ2) is 5.50. The zero-order chi connectivity index (χ0) is 10.4. The first-order chi connectivity index (χ1) is 6.81. The molecule has 0 aliphatic carbocycles. The molecule has 0 aromatic heterocycles. The van der Waals surface area contributed by atoms with Gasteiger partial charge in [-0.05, 0) is 18.2 Å². The van der Waals surface area contributed by atoms with Crippen molar-refractivity contribution >= 4 is 0 Å². The Labute approximate surface area is 85.0 Å². The van der Waals surface area contributed by atoms with E-state index in [1.165, 1.54) is 0 Å². The lowest BCUT2D eigenvalue weighted by atomic mass is 10.1. The summed E-state index contributed by atoms with van der Waals surface area (Å²) in [6, 6.07) is 5.83. The van der Waals surface area contributed by atoms with Crippen LogP contribution in [0.2, 0.25) is 0 Å². The number of methoxy groups -OCH3 is 2. The molecule has 3 heteroatoms. The molecule has 1 aromatic rings. The lowest BCUT2D eigenvalue weighted by Gasteiger charge is -2.09. The van der Waals surface area contributed by atoms with Gasteiger partial charge in [0.2, 0.25) is 0 Å². The van der Waals surface area contributed by atoms with Crippen LogP contribution in [0.25, 0.3) is 0 Å². The second-order valence-corrected chi connectivity index (χ2v) is 3.01. The van der Waals surface area contributed by atoms with Crippen molar-refractivity contribution in [3.05, 3.63) is 30.8 Å². The van der Waals surface area contributed by atoms with Gasteiger partial charge >= 0.3 is 0 Å². The van der Waals surface area contributed by atoms with E-state index in [1.54, 1.807) is 14.2 Å². The number of hydrogen-bond acceptors (Lipinski definition) is 2. The highest BCUT2D eigenvalue weighted by Gasteiger charge is 2.04. The molecule has 0 saturated carbocycles. The molecular formula is C11H17NO2. The van der Waals surface area contributed by atoms with Crippen LogP contribution < -0.4 is 14.8 Å². The van der Waals surface area contributed by atoms with E-state index < -0.39 is 0 Å². The molecule has 0 saturated heterocycles. The van der Waals surface area contributed by atoms with Gasteiger partial charge in [-0.3, -0.25) is 0 Å². The van der Waals surface area contributed by atoms with Crippen molar-refractivity contribution in [3.8, 4) is 11.5 Å². The Morgan fingerprint density at radius 2 is 2.07 bits per heavy atom. The summed E-state index contributed by atoms with van der Waals surface area (Å²) < 4.78 is 10.4. The van der Waals surface area contributed by atoms with Crippen LogP contribution >= 0.6 is 0 Å². The van der Waals surface area contributed by atoms with Gasteiger partial charge in [0, 0.05) is 12.0 Å². The fraction of sp³-hybridized carbons (Fsp3) is 0.364. The summed E-state index contributed by atoms with van der Waals surface area (Å²) in [4.78, 5) is 0. The predicted octanol–water partition coefficient (Wildman–Crippen LogP) is 0.601. The maximum absolute atomic E-state index is 5.25. The molecule has 2 N–H and O–H groups in total. The zero-order valence-corrected chi connectivity index (χ0v) is 8.75. The van der Waals surface area contributed by atoms with Crippen LogP contribution in [0.15, 0.2) is 18.2 Å². The van der Waals surface area contributed by atoms with Gasteiger partial charge in [0.05, 0.1) is 20.8 Å². The maximum atomic E-state index is 5.25. The van der Waals surface area contributed by atoms with E-state index in [4.69, 9.17) is 9.47 Å². The van der Waals surface area contributed by atoms with Crippen molar-refractivity contribution in [2.75, 3.05) is 20.8 Å². The first-order valence-electron chi connectivity index (χ1n) is 4.63. The number of ether oxygens (including phenoxy) is 2. The average molecular weight is 195 g/mol. The summed E-state index contributed by atoms with van der Waals surface area (Å²) in [7, 11) is 7.05. The third kappa shape index (κ3) is 2.64. The van der Waals surface area contributed by atoms with Crippen molar-refractivity contribution in [1.82, 2.24) is 0 Å². The summed E-state index contributed by atoms with van der Waals surface area (Å²) in [6.07, 6.45) is 0.934. The summed E-state index contributed by atoms with van der Waals surface area (Å²) in [5, 5.41) is 1.90. The SMILES string of the molecule is [CH2-][NH2+]CCc1cc(OC)ccc1OC. The van der Waals surface area contributed by atoms with Gasteiger partial charge in [-0.2, -0.15) is 7.05 Å². The van der Waals surface area contributed by atoms with Gasteiger partial charge in [0.25, 0.3) is 0 Å². The van der Waals surface area contributed by atoms with Crippen LogP contribution in [0, 0.1) is 7.05 Å². The highest BCUT2D eigenvalue weighted by Crippen LogP contribution is 2.23. The third-order valence-corrected chi connectivity index (χ3v) is 2.11. The number of rotatable bonds is 5. The first-order valence-corrected chi connectivity index (χ1v) is 4.63. The molecule has 0 heterocycles. The van der Waals surface area contributed by atoms with E-state index in [0.29, 0.717) is 0 Å². The van der Waals surface area contributed by atoms with Crippen LogP contribution in [-0.2, 0) is 6.42 Å². The fourth-order valence-electron chi connectivity index (χ4n) is 1.33. The molecule has 1 rings (SSSR count). The topological polar surface area (TPSA) is 35.1 Å². The molecule has 0 aliphatic rings. The minimum absolute atomic E-state index is 0.866. The number of hydrogen-bond donors (Lipinski definition) is 1. The van der Waals surface area contributed by atoms with Gasteiger partial charge in [0.15, 0.2) is 0 Å². The Morgan fingerprint density at radius 3 is 2.64 bits per heavy atom. The predicted molar refractivity (Wildman–Crippen MR) is 55.4 cm³/mol. The van der Waals surface area contributed by atoms with Crippen LogP contribution in [-0.4, -0.2) is 20.8 Å². The average Bonchev–Trinajstić information content (AvgIpc) is 2.25. The monoisotopic (exact) mass is 195 g/mol. The Bertz CT molecular complexity index is 287. The lowest BCUT2D eigenvalue weighted by Crippen LogP contribution is -2.77. The second-order valence-electron chi connectivity index (χ2n) is 3.01. The van der Waals surface area contributed by atoms with Crippen molar-refractivity contribution in [1.29, 1.82) is 0 Å². The van der Waals surface area contributed by atoms with E-state index >= 15 is 0 Å². The number of benzene rings is 1. The quantitative estimate of drug-likeness (QED) is 0.698. The molecule has 0 amide bonds. The van der Waals surface area contributed by atoms with E-state index in [-0.39, 0.29) is 0 Å². The maximum Gasteiger partial charge on any atom is 0.122 e. The summed E-state index contributed by atoms with van der Waals surface area (Å²) in [5.41, 5.74) is 1.16. The van der Waals surface area contributed by atoms with Gasteiger partial charge in [-0.1, -0.05) is 0 Å². The number of nitrogens with two attached hydrogens (primary N) is 1. The standard InChI is InChI=1S/C11H17NO2/c1-12-7-6-9-8-10(13-2)4-5-11(9)14-3/h4-5,8H,1,6-7,12H2,2-3H3. The molecular weight excluding hydrogens is 178 g/mol. The largest absolute Gasteiger partial charge is 0.497 e. The lowest BCUT2D eigenvalue weighted by molar-refractivity contribution is -0.594. The molecule has 0 atom stereocenters. The van der Waals surface area contributed by atoms with Gasteiger partial charge in [-0.15, -0.1) is 0 Å². The number of quaternary nitrogens is 1. The van der Waals surface area contributed by atoms with Crippen LogP contribution in [0.5, 0.6) is 11.5 Å². The molecule has 0 fully saturated rings. The highest BCUT2D eigenvalue weighted by atomic mass is 16.5. The minimum atomic E-state index is 0.866. The molecule has 3 nitrogen and oxygen atoms in total. The van der Waals surface area contributed by atoms with E-state index in [9.17, 15) is 0 Å². The van der Waals surface area contributed by atoms with Crippen LogP contribution in [0.3, 0.4) is 0 Å². The van der Waals surface area contributed by atoms with Crippen LogP contribution in [0.4, 0.5) is 0 Å². The third-order valence-electron chi connectivity index (χ3n) is 2.11. The van der Waals surface area contributed by atoms with E-state index in [2.05, 4.69) is 7.05 Å². The van der Waals surface area contributed by atoms with Gasteiger partial charge < -0.3 is 14.8 Å². The minimum Gasteiger partial charge on any atom is -0.497 e. The zero-order valence-electron chi connectivity index (χ0n) is 8.75. The molecule has 1 aromatic carbocycles.